The van der Waals surface area contributed by atoms with Gasteiger partial charge in [0.15, 0.2) is 11.5 Å². The summed E-state index contributed by atoms with van der Waals surface area (Å²) in [5, 5.41) is 0. The number of hydrogen-bond acceptors (Lipinski definition) is 3. The van der Waals surface area contributed by atoms with Crippen LogP contribution in [0.1, 0.15) is 38.7 Å². The number of nitrogens with two attached hydrogens (primary N) is 1. The second-order valence-corrected chi connectivity index (χ2v) is 4.05. The van der Waals surface area contributed by atoms with Gasteiger partial charge in [-0.15, -0.1) is 0 Å². The zero-order valence-corrected chi connectivity index (χ0v) is 11.0. The van der Waals surface area contributed by atoms with Gasteiger partial charge in [-0.1, -0.05) is 13.0 Å². The molecule has 0 amide bonds. The van der Waals surface area contributed by atoms with Gasteiger partial charge in [0.05, 0.1) is 13.2 Å². The molecular formula is C14H23NO2. The summed E-state index contributed by atoms with van der Waals surface area (Å²) >= 11 is 0. The first kappa shape index (κ1) is 13.8. The van der Waals surface area contributed by atoms with Crippen LogP contribution in [0.5, 0.6) is 11.5 Å². The second kappa shape index (κ2) is 7.17. The van der Waals surface area contributed by atoms with Crippen molar-refractivity contribution in [1.29, 1.82) is 0 Å². The lowest BCUT2D eigenvalue weighted by Gasteiger charge is -2.15. The topological polar surface area (TPSA) is 44.5 Å². The summed E-state index contributed by atoms with van der Waals surface area (Å²) in [5.41, 5.74) is 6.84. The van der Waals surface area contributed by atoms with E-state index in [1.165, 1.54) is 5.56 Å². The van der Waals surface area contributed by atoms with E-state index in [-0.39, 0.29) is 0 Å². The predicted molar refractivity (Wildman–Crippen MR) is 70.9 cm³/mol. The van der Waals surface area contributed by atoms with Crippen molar-refractivity contribution in [2.75, 3.05) is 19.8 Å². The van der Waals surface area contributed by atoms with Crippen molar-refractivity contribution in [2.45, 2.75) is 33.1 Å². The third kappa shape index (κ3) is 3.93. The average Bonchev–Trinajstić information content (AvgIpc) is 2.32. The van der Waals surface area contributed by atoms with Crippen molar-refractivity contribution in [3.05, 3.63) is 23.8 Å². The maximum absolute atomic E-state index is 5.60. The number of hydrogen-bond donors (Lipinski definition) is 1. The van der Waals surface area contributed by atoms with Gasteiger partial charge in [-0.3, -0.25) is 0 Å². The van der Waals surface area contributed by atoms with Crippen LogP contribution < -0.4 is 15.2 Å². The van der Waals surface area contributed by atoms with Crippen LogP contribution >= 0.6 is 0 Å². The van der Waals surface area contributed by atoms with Gasteiger partial charge in [0.25, 0.3) is 0 Å². The maximum Gasteiger partial charge on any atom is 0.161 e. The molecule has 0 fully saturated rings. The molecule has 0 heterocycles. The van der Waals surface area contributed by atoms with E-state index in [1.807, 2.05) is 19.9 Å². The minimum Gasteiger partial charge on any atom is -0.490 e. The average molecular weight is 237 g/mol. The van der Waals surface area contributed by atoms with Crippen LogP contribution in [-0.4, -0.2) is 19.8 Å². The summed E-state index contributed by atoms with van der Waals surface area (Å²) in [6, 6.07) is 6.14. The molecule has 3 heteroatoms. The Hall–Kier alpha value is -1.22. The zero-order valence-electron chi connectivity index (χ0n) is 11.0. The van der Waals surface area contributed by atoms with Gasteiger partial charge < -0.3 is 15.2 Å². The molecule has 1 aromatic carbocycles. The molecular weight excluding hydrogens is 214 g/mol. The van der Waals surface area contributed by atoms with E-state index in [4.69, 9.17) is 15.2 Å². The third-order valence-electron chi connectivity index (χ3n) is 2.74. The fourth-order valence-corrected chi connectivity index (χ4v) is 1.79. The smallest absolute Gasteiger partial charge is 0.161 e. The van der Waals surface area contributed by atoms with Crippen LogP contribution in [0.25, 0.3) is 0 Å². The largest absolute Gasteiger partial charge is 0.490 e. The van der Waals surface area contributed by atoms with E-state index in [9.17, 15) is 0 Å². The standard InChI is InChI=1S/C14H23NO2/c1-4-16-13-7-6-12(11(3)8-9-15)10-14(13)17-5-2/h6-7,10-11H,4-5,8-9,15H2,1-3H3. The van der Waals surface area contributed by atoms with Crippen LogP contribution in [0.2, 0.25) is 0 Å². The van der Waals surface area contributed by atoms with Gasteiger partial charge in [-0.2, -0.15) is 0 Å². The molecule has 0 spiro atoms. The van der Waals surface area contributed by atoms with Gasteiger partial charge in [-0.05, 0) is 50.4 Å². The molecule has 0 radical (unpaired) electrons. The molecule has 0 aliphatic carbocycles. The van der Waals surface area contributed by atoms with Crippen LogP contribution in [-0.2, 0) is 0 Å². The molecule has 3 nitrogen and oxygen atoms in total. The Kier molecular flexibility index (Phi) is 5.84. The van der Waals surface area contributed by atoms with Crippen molar-refractivity contribution in [3.8, 4) is 11.5 Å². The van der Waals surface area contributed by atoms with Gasteiger partial charge >= 0.3 is 0 Å². The zero-order chi connectivity index (χ0) is 12.7. The van der Waals surface area contributed by atoms with Crippen molar-refractivity contribution in [3.63, 3.8) is 0 Å². The highest BCUT2D eigenvalue weighted by Gasteiger charge is 2.10. The molecule has 2 N–H and O–H groups in total. The summed E-state index contributed by atoms with van der Waals surface area (Å²) in [4.78, 5) is 0. The van der Waals surface area contributed by atoms with E-state index in [0.29, 0.717) is 25.7 Å². The summed E-state index contributed by atoms with van der Waals surface area (Å²) < 4.78 is 11.1. The van der Waals surface area contributed by atoms with Gasteiger partial charge in [0.1, 0.15) is 0 Å². The first-order valence-corrected chi connectivity index (χ1v) is 6.32. The Bertz CT molecular complexity index is 339. The molecule has 1 atom stereocenters. The SMILES string of the molecule is CCOc1ccc(C(C)CCN)cc1OCC. The van der Waals surface area contributed by atoms with Crippen molar-refractivity contribution in [2.24, 2.45) is 5.73 Å². The lowest BCUT2D eigenvalue weighted by molar-refractivity contribution is 0.287. The lowest BCUT2D eigenvalue weighted by Crippen LogP contribution is -2.05. The number of rotatable bonds is 7. The Labute approximate surface area is 104 Å². The summed E-state index contributed by atoms with van der Waals surface area (Å²) in [7, 11) is 0. The van der Waals surface area contributed by atoms with Crippen LogP contribution in [0, 0.1) is 0 Å². The number of ether oxygens (including phenoxy) is 2. The fraction of sp³-hybridized carbons (Fsp3) is 0.571. The van der Waals surface area contributed by atoms with Gasteiger partial charge in [-0.25, -0.2) is 0 Å². The Morgan fingerprint density at radius 1 is 1.12 bits per heavy atom. The molecule has 0 aromatic heterocycles. The molecule has 1 rings (SSSR count). The predicted octanol–water partition coefficient (Wildman–Crippen LogP) is 2.94. The maximum atomic E-state index is 5.60. The van der Waals surface area contributed by atoms with Crippen LogP contribution in [0.3, 0.4) is 0 Å². The third-order valence-corrected chi connectivity index (χ3v) is 2.74. The van der Waals surface area contributed by atoms with Crippen molar-refractivity contribution < 1.29 is 9.47 Å². The fourth-order valence-electron chi connectivity index (χ4n) is 1.79. The van der Waals surface area contributed by atoms with E-state index >= 15 is 0 Å². The van der Waals surface area contributed by atoms with E-state index < -0.39 is 0 Å². The Morgan fingerprint density at radius 2 is 1.76 bits per heavy atom. The highest BCUT2D eigenvalue weighted by atomic mass is 16.5. The van der Waals surface area contributed by atoms with E-state index in [2.05, 4.69) is 19.1 Å². The van der Waals surface area contributed by atoms with Crippen LogP contribution in [0.4, 0.5) is 0 Å². The Balaban J connectivity index is 2.91. The second-order valence-electron chi connectivity index (χ2n) is 4.05. The van der Waals surface area contributed by atoms with Crippen LogP contribution in [0.15, 0.2) is 18.2 Å². The molecule has 17 heavy (non-hydrogen) atoms. The molecule has 1 aromatic rings. The van der Waals surface area contributed by atoms with Gasteiger partial charge in [0, 0.05) is 0 Å². The summed E-state index contributed by atoms with van der Waals surface area (Å²) in [6.07, 6.45) is 0.986. The quantitative estimate of drug-likeness (QED) is 0.793. The summed E-state index contributed by atoms with van der Waals surface area (Å²) in [6.45, 7) is 8.13. The van der Waals surface area contributed by atoms with Crippen molar-refractivity contribution >= 4 is 0 Å². The number of benzene rings is 1. The first-order chi connectivity index (χ1) is 8.22. The highest BCUT2D eigenvalue weighted by Crippen LogP contribution is 2.32. The highest BCUT2D eigenvalue weighted by molar-refractivity contribution is 5.44. The lowest BCUT2D eigenvalue weighted by atomic mass is 9.97. The normalized spacial score (nSPS) is 12.2. The molecule has 0 saturated heterocycles. The molecule has 0 aliphatic heterocycles. The molecule has 1 unspecified atom stereocenters. The molecule has 0 saturated carbocycles. The molecule has 96 valence electrons. The van der Waals surface area contributed by atoms with Crippen molar-refractivity contribution in [1.82, 2.24) is 0 Å². The first-order valence-electron chi connectivity index (χ1n) is 6.32. The van der Waals surface area contributed by atoms with Gasteiger partial charge in [0.2, 0.25) is 0 Å². The Morgan fingerprint density at radius 3 is 2.35 bits per heavy atom. The molecule has 0 bridgehead atoms. The molecule has 0 aliphatic rings. The summed E-state index contributed by atoms with van der Waals surface area (Å²) in [5.74, 6) is 2.10. The minimum absolute atomic E-state index is 0.454. The van der Waals surface area contributed by atoms with E-state index in [0.717, 1.165) is 17.9 Å². The monoisotopic (exact) mass is 237 g/mol. The minimum atomic E-state index is 0.454. The van der Waals surface area contributed by atoms with E-state index in [1.54, 1.807) is 0 Å².